The van der Waals surface area contributed by atoms with Gasteiger partial charge in [-0.05, 0) is 36.4 Å². The van der Waals surface area contributed by atoms with E-state index in [1.54, 1.807) is 17.4 Å². The summed E-state index contributed by atoms with van der Waals surface area (Å²) in [6.07, 6.45) is 3.23. The molecule has 1 N–H and O–H groups in total. The lowest BCUT2D eigenvalue weighted by Crippen LogP contribution is -2.07. The van der Waals surface area contributed by atoms with Gasteiger partial charge in [0.05, 0.1) is 10.2 Å². The number of carbonyl (C=O) groups is 1. The van der Waals surface area contributed by atoms with E-state index >= 15 is 0 Å². The number of carbonyl (C=O) groups excluding carboxylic acids is 1. The van der Waals surface area contributed by atoms with Crippen molar-refractivity contribution in [3.8, 4) is 0 Å². The Morgan fingerprint density at radius 2 is 2.05 bits per heavy atom. The Bertz CT molecular complexity index is 793. The van der Waals surface area contributed by atoms with Gasteiger partial charge in [-0.25, -0.2) is 4.98 Å². The van der Waals surface area contributed by atoms with E-state index < -0.39 is 0 Å². The van der Waals surface area contributed by atoms with Crippen molar-refractivity contribution in [2.24, 2.45) is 0 Å². The third kappa shape index (κ3) is 3.56. The summed E-state index contributed by atoms with van der Waals surface area (Å²) in [7, 11) is 0. The number of halogens is 1. The predicted molar refractivity (Wildman–Crippen MR) is 91.4 cm³/mol. The molecule has 0 bridgehead atoms. The van der Waals surface area contributed by atoms with Crippen LogP contribution in [0.15, 0.2) is 59.1 Å². The molecular formula is C16H11BrN2OS. The number of amides is 1. The van der Waals surface area contributed by atoms with Crippen molar-refractivity contribution in [1.29, 1.82) is 0 Å². The highest BCUT2D eigenvalue weighted by atomic mass is 79.9. The molecule has 0 aliphatic carbocycles. The molecule has 0 saturated heterocycles. The predicted octanol–water partition coefficient (Wildman–Crippen LogP) is 4.71. The number of hydrogen-bond acceptors (Lipinski definition) is 3. The first-order chi connectivity index (χ1) is 10.2. The van der Waals surface area contributed by atoms with Crippen LogP contribution in [0.3, 0.4) is 0 Å². The molecule has 0 fully saturated rings. The average molecular weight is 359 g/mol. The van der Waals surface area contributed by atoms with E-state index in [-0.39, 0.29) is 5.91 Å². The van der Waals surface area contributed by atoms with Crippen molar-refractivity contribution in [3.05, 3.63) is 64.1 Å². The molecule has 1 aromatic heterocycles. The lowest BCUT2D eigenvalue weighted by atomic mass is 10.3. The Labute approximate surface area is 134 Å². The summed E-state index contributed by atoms with van der Waals surface area (Å²) in [6, 6.07) is 15.4. The normalized spacial score (nSPS) is 11.1. The second-order valence-corrected chi connectivity index (χ2v) is 6.33. The van der Waals surface area contributed by atoms with Crippen LogP contribution in [0.4, 0.5) is 5.69 Å². The van der Waals surface area contributed by atoms with E-state index in [0.717, 1.165) is 25.4 Å². The third-order valence-electron chi connectivity index (χ3n) is 2.78. The highest BCUT2D eigenvalue weighted by Crippen LogP contribution is 2.22. The van der Waals surface area contributed by atoms with Crippen molar-refractivity contribution >= 4 is 55.2 Å². The lowest BCUT2D eigenvalue weighted by Gasteiger charge is -2.01. The maximum atomic E-state index is 11.9. The summed E-state index contributed by atoms with van der Waals surface area (Å²) in [5, 5.41) is 3.63. The summed E-state index contributed by atoms with van der Waals surface area (Å²) in [5.41, 5.74) is 1.71. The first-order valence-electron chi connectivity index (χ1n) is 6.31. The minimum atomic E-state index is -0.174. The zero-order valence-corrected chi connectivity index (χ0v) is 13.3. The van der Waals surface area contributed by atoms with E-state index in [0.29, 0.717) is 0 Å². The van der Waals surface area contributed by atoms with Crippen molar-refractivity contribution < 1.29 is 4.79 Å². The lowest BCUT2D eigenvalue weighted by molar-refractivity contribution is -0.111. The van der Waals surface area contributed by atoms with Gasteiger partial charge in [-0.2, -0.15) is 0 Å². The Morgan fingerprint density at radius 3 is 2.86 bits per heavy atom. The Morgan fingerprint density at radius 1 is 1.19 bits per heavy atom. The standard InChI is InChI=1S/C16H11BrN2OS/c17-11-4-3-5-12(10-11)18-15(20)8-9-16-19-13-6-1-2-7-14(13)21-16/h1-10H,(H,18,20)/b9-8+. The number of thiazole rings is 1. The topological polar surface area (TPSA) is 42.0 Å². The van der Waals surface area contributed by atoms with Crippen LogP contribution in [0.25, 0.3) is 16.3 Å². The molecule has 3 aromatic rings. The fourth-order valence-electron chi connectivity index (χ4n) is 1.86. The number of fused-ring (bicyclic) bond motifs is 1. The van der Waals surface area contributed by atoms with Gasteiger partial charge < -0.3 is 5.32 Å². The molecule has 0 atom stereocenters. The number of nitrogens with zero attached hydrogens (tertiary/aromatic N) is 1. The maximum Gasteiger partial charge on any atom is 0.248 e. The second kappa shape index (κ2) is 6.20. The second-order valence-electron chi connectivity index (χ2n) is 4.35. The van der Waals surface area contributed by atoms with Crippen molar-refractivity contribution in [2.45, 2.75) is 0 Å². The first-order valence-corrected chi connectivity index (χ1v) is 7.92. The minimum Gasteiger partial charge on any atom is -0.322 e. The van der Waals surface area contributed by atoms with Crippen LogP contribution in [0.1, 0.15) is 5.01 Å². The summed E-state index contributed by atoms with van der Waals surface area (Å²) in [4.78, 5) is 16.3. The number of benzene rings is 2. The van der Waals surface area contributed by atoms with Crippen LogP contribution in [-0.4, -0.2) is 10.9 Å². The molecule has 0 aliphatic rings. The third-order valence-corrected chi connectivity index (χ3v) is 4.27. The van der Waals surface area contributed by atoms with Crippen LogP contribution < -0.4 is 5.32 Å². The molecule has 5 heteroatoms. The summed E-state index contributed by atoms with van der Waals surface area (Å²) in [6.45, 7) is 0. The minimum absolute atomic E-state index is 0.174. The smallest absolute Gasteiger partial charge is 0.248 e. The SMILES string of the molecule is O=C(/C=C/c1nc2ccccc2s1)Nc1cccc(Br)c1. The molecule has 1 heterocycles. The Kier molecular flexibility index (Phi) is 4.13. The number of para-hydroxylation sites is 1. The van der Waals surface area contributed by atoms with E-state index in [4.69, 9.17) is 0 Å². The zero-order chi connectivity index (χ0) is 14.7. The highest BCUT2D eigenvalue weighted by molar-refractivity contribution is 9.10. The van der Waals surface area contributed by atoms with E-state index in [9.17, 15) is 4.79 Å². The van der Waals surface area contributed by atoms with Gasteiger partial charge in [0, 0.05) is 16.2 Å². The molecule has 104 valence electrons. The molecule has 0 spiro atoms. The van der Waals surface area contributed by atoms with Gasteiger partial charge in [-0.1, -0.05) is 34.1 Å². The summed E-state index contributed by atoms with van der Waals surface area (Å²) < 4.78 is 2.04. The van der Waals surface area contributed by atoms with Crippen molar-refractivity contribution in [3.63, 3.8) is 0 Å². The monoisotopic (exact) mass is 358 g/mol. The van der Waals surface area contributed by atoms with Crippen LogP contribution in [0.5, 0.6) is 0 Å². The zero-order valence-electron chi connectivity index (χ0n) is 10.9. The van der Waals surface area contributed by atoms with Crippen LogP contribution >= 0.6 is 27.3 Å². The van der Waals surface area contributed by atoms with Gasteiger partial charge in [0.1, 0.15) is 5.01 Å². The van der Waals surface area contributed by atoms with E-state index in [1.165, 1.54) is 6.08 Å². The van der Waals surface area contributed by atoms with Crippen LogP contribution in [-0.2, 0) is 4.79 Å². The van der Waals surface area contributed by atoms with Crippen molar-refractivity contribution in [1.82, 2.24) is 4.98 Å². The quantitative estimate of drug-likeness (QED) is 0.688. The van der Waals surface area contributed by atoms with Crippen molar-refractivity contribution in [2.75, 3.05) is 5.32 Å². The first kappa shape index (κ1) is 14.0. The molecule has 0 radical (unpaired) electrons. The molecular weight excluding hydrogens is 348 g/mol. The number of rotatable bonds is 3. The molecule has 21 heavy (non-hydrogen) atoms. The number of hydrogen-bond donors (Lipinski definition) is 1. The van der Waals surface area contributed by atoms with Gasteiger partial charge >= 0.3 is 0 Å². The highest BCUT2D eigenvalue weighted by Gasteiger charge is 2.01. The van der Waals surface area contributed by atoms with Crippen LogP contribution in [0, 0.1) is 0 Å². The largest absolute Gasteiger partial charge is 0.322 e. The van der Waals surface area contributed by atoms with Gasteiger partial charge in [-0.15, -0.1) is 11.3 Å². The molecule has 0 unspecified atom stereocenters. The Hall–Kier alpha value is -1.98. The van der Waals surface area contributed by atoms with Crippen LogP contribution in [0.2, 0.25) is 0 Å². The summed E-state index contributed by atoms with van der Waals surface area (Å²) >= 11 is 4.93. The molecule has 0 aliphatic heterocycles. The molecule has 0 saturated carbocycles. The Balaban J connectivity index is 1.71. The van der Waals surface area contributed by atoms with Gasteiger partial charge in [-0.3, -0.25) is 4.79 Å². The molecule has 2 aromatic carbocycles. The van der Waals surface area contributed by atoms with Gasteiger partial charge in [0.15, 0.2) is 0 Å². The molecule has 3 rings (SSSR count). The van der Waals surface area contributed by atoms with E-state index in [2.05, 4.69) is 26.2 Å². The summed E-state index contributed by atoms with van der Waals surface area (Å²) in [5.74, 6) is -0.174. The maximum absolute atomic E-state index is 11.9. The van der Waals surface area contributed by atoms with Gasteiger partial charge in [0.25, 0.3) is 0 Å². The van der Waals surface area contributed by atoms with E-state index in [1.807, 2.05) is 48.5 Å². The number of anilines is 1. The average Bonchev–Trinajstić information content (AvgIpc) is 2.88. The molecule has 1 amide bonds. The fraction of sp³-hybridized carbons (Fsp3) is 0. The number of aromatic nitrogens is 1. The van der Waals surface area contributed by atoms with Gasteiger partial charge in [0.2, 0.25) is 5.91 Å². The molecule has 3 nitrogen and oxygen atoms in total. The fourth-order valence-corrected chi connectivity index (χ4v) is 3.13. The number of nitrogens with one attached hydrogen (secondary N) is 1.